The van der Waals surface area contributed by atoms with Crippen molar-refractivity contribution in [3.05, 3.63) is 23.9 Å². The average molecular weight is 258 g/mol. The fraction of sp³-hybridized carbons (Fsp3) is 0.300. The highest BCUT2D eigenvalue weighted by Gasteiger charge is 2.27. The van der Waals surface area contributed by atoms with Gasteiger partial charge in [0.2, 0.25) is 5.91 Å². The average Bonchev–Trinajstić information content (AvgIpc) is 2.33. The summed E-state index contributed by atoms with van der Waals surface area (Å²) in [5.41, 5.74) is 0.349. The van der Waals surface area contributed by atoms with Gasteiger partial charge >= 0.3 is 6.18 Å². The lowest BCUT2D eigenvalue weighted by Crippen LogP contribution is -2.37. The number of nitrogens with zero attached hydrogens (tertiary/aromatic N) is 2. The molecule has 0 atom stereocenters. The van der Waals surface area contributed by atoms with Gasteiger partial charge in [0.25, 0.3) is 0 Å². The summed E-state index contributed by atoms with van der Waals surface area (Å²) in [6.45, 7) is -1.69. The van der Waals surface area contributed by atoms with E-state index in [9.17, 15) is 18.0 Å². The number of carbonyl (C=O) groups excluding carboxylic acids is 1. The highest BCUT2D eigenvalue weighted by atomic mass is 19.4. The molecule has 5 nitrogen and oxygen atoms in total. The smallest absolute Gasteiger partial charge is 0.361 e. The van der Waals surface area contributed by atoms with E-state index in [1.807, 2.05) is 6.07 Å². The highest BCUT2D eigenvalue weighted by molar-refractivity contribution is 5.80. The number of hydrogen-bond acceptors (Lipinski definition) is 4. The van der Waals surface area contributed by atoms with Crippen molar-refractivity contribution in [3.63, 3.8) is 0 Å². The van der Waals surface area contributed by atoms with Crippen molar-refractivity contribution >= 4 is 11.7 Å². The molecule has 2 N–H and O–H groups in total. The lowest BCUT2D eigenvalue weighted by molar-refractivity contribution is -0.137. The first-order valence-corrected chi connectivity index (χ1v) is 4.84. The quantitative estimate of drug-likeness (QED) is 0.846. The molecule has 0 radical (unpaired) electrons. The number of nitriles is 1. The number of carbonyl (C=O) groups is 1. The summed E-state index contributed by atoms with van der Waals surface area (Å²) in [6, 6.07) is 4.79. The van der Waals surface area contributed by atoms with E-state index in [4.69, 9.17) is 5.26 Å². The molecule has 1 rings (SSSR count). The predicted molar refractivity (Wildman–Crippen MR) is 56.5 cm³/mol. The Morgan fingerprint density at radius 1 is 1.44 bits per heavy atom. The summed E-state index contributed by atoms with van der Waals surface area (Å²) in [7, 11) is 0. The maximum absolute atomic E-state index is 11.8. The first-order chi connectivity index (χ1) is 8.40. The van der Waals surface area contributed by atoms with Crippen LogP contribution in [0.15, 0.2) is 18.3 Å². The van der Waals surface area contributed by atoms with Crippen LogP contribution in [0.2, 0.25) is 0 Å². The van der Waals surface area contributed by atoms with E-state index in [0.717, 1.165) is 0 Å². The van der Waals surface area contributed by atoms with Crippen molar-refractivity contribution < 1.29 is 18.0 Å². The number of anilines is 1. The van der Waals surface area contributed by atoms with Crippen molar-refractivity contribution in [2.75, 3.05) is 18.4 Å². The molecule has 0 aliphatic heterocycles. The van der Waals surface area contributed by atoms with Gasteiger partial charge in [-0.1, -0.05) is 0 Å². The van der Waals surface area contributed by atoms with Crippen molar-refractivity contribution in [2.24, 2.45) is 0 Å². The fourth-order valence-electron chi connectivity index (χ4n) is 0.997. The van der Waals surface area contributed by atoms with Crippen LogP contribution in [0.3, 0.4) is 0 Å². The summed E-state index contributed by atoms with van der Waals surface area (Å²) >= 11 is 0. The Bertz CT molecular complexity index is 450. The molecular weight excluding hydrogens is 249 g/mol. The fourth-order valence-corrected chi connectivity index (χ4v) is 0.997. The molecule has 0 saturated carbocycles. The van der Waals surface area contributed by atoms with E-state index in [0.29, 0.717) is 11.4 Å². The highest BCUT2D eigenvalue weighted by Crippen LogP contribution is 2.12. The number of aromatic nitrogens is 1. The zero-order valence-electron chi connectivity index (χ0n) is 9.08. The predicted octanol–water partition coefficient (Wildman–Crippen LogP) is 1.04. The van der Waals surface area contributed by atoms with Crippen LogP contribution in [0.1, 0.15) is 5.56 Å². The van der Waals surface area contributed by atoms with E-state index >= 15 is 0 Å². The van der Waals surface area contributed by atoms with Gasteiger partial charge in [-0.05, 0) is 12.1 Å². The molecule has 18 heavy (non-hydrogen) atoms. The maximum atomic E-state index is 11.8. The van der Waals surface area contributed by atoms with E-state index in [-0.39, 0.29) is 6.54 Å². The van der Waals surface area contributed by atoms with Crippen molar-refractivity contribution in [3.8, 4) is 6.07 Å². The Labute approximate surface area is 101 Å². The van der Waals surface area contributed by atoms with Crippen LogP contribution in [-0.4, -0.2) is 30.2 Å². The van der Waals surface area contributed by atoms with Crippen molar-refractivity contribution in [2.45, 2.75) is 6.18 Å². The van der Waals surface area contributed by atoms with Crippen LogP contribution in [-0.2, 0) is 4.79 Å². The Balaban J connectivity index is 2.36. The normalized spacial score (nSPS) is 10.6. The number of amides is 1. The summed E-state index contributed by atoms with van der Waals surface area (Å²) in [4.78, 5) is 14.8. The molecule has 1 aromatic rings. The van der Waals surface area contributed by atoms with Gasteiger partial charge in [0.05, 0.1) is 12.1 Å². The lowest BCUT2D eigenvalue weighted by atomic mass is 10.3. The number of halogens is 3. The zero-order chi connectivity index (χ0) is 13.6. The minimum Gasteiger partial charge on any atom is -0.361 e. The monoisotopic (exact) mass is 258 g/mol. The van der Waals surface area contributed by atoms with Gasteiger partial charge in [-0.2, -0.15) is 18.4 Å². The minimum absolute atomic E-state index is 0.302. The van der Waals surface area contributed by atoms with Crippen LogP contribution < -0.4 is 10.6 Å². The first kappa shape index (κ1) is 13.8. The standard InChI is InChI=1S/C10H9F3N4O/c11-10(12,13)6-17-9(18)5-16-8-2-1-7(3-14)4-15-8/h1-2,4H,5-6H2,(H,15,16)(H,17,18). The lowest BCUT2D eigenvalue weighted by Gasteiger charge is -2.09. The maximum Gasteiger partial charge on any atom is 0.405 e. The second-order valence-corrected chi connectivity index (χ2v) is 3.29. The molecular formula is C10H9F3N4O. The molecule has 96 valence electrons. The van der Waals surface area contributed by atoms with Gasteiger partial charge in [0.1, 0.15) is 18.4 Å². The molecule has 0 aliphatic rings. The molecule has 0 unspecified atom stereocenters. The minimum atomic E-state index is -4.43. The molecule has 1 heterocycles. The van der Waals surface area contributed by atoms with Crippen LogP contribution in [0.5, 0.6) is 0 Å². The summed E-state index contributed by atoms with van der Waals surface area (Å²) in [5.74, 6) is -0.491. The first-order valence-electron chi connectivity index (χ1n) is 4.84. The van der Waals surface area contributed by atoms with E-state index < -0.39 is 18.6 Å². The molecule has 0 saturated heterocycles. The molecule has 0 aliphatic carbocycles. The third kappa shape index (κ3) is 5.16. The van der Waals surface area contributed by atoms with E-state index in [1.165, 1.54) is 18.3 Å². The van der Waals surface area contributed by atoms with Gasteiger partial charge in [0.15, 0.2) is 0 Å². The second-order valence-electron chi connectivity index (χ2n) is 3.29. The summed E-state index contributed by atoms with van der Waals surface area (Å²) in [6.07, 6.45) is -3.14. The molecule has 0 spiro atoms. The number of rotatable bonds is 4. The molecule has 0 fully saturated rings. The van der Waals surface area contributed by atoms with Gasteiger partial charge < -0.3 is 10.6 Å². The topological polar surface area (TPSA) is 77.8 Å². The molecule has 1 amide bonds. The molecule has 0 bridgehead atoms. The SMILES string of the molecule is N#Cc1ccc(NCC(=O)NCC(F)(F)F)nc1. The van der Waals surface area contributed by atoms with Crippen LogP contribution in [0.4, 0.5) is 19.0 Å². The zero-order valence-corrected chi connectivity index (χ0v) is 9.08. The van der Waals surface area contributed by atoms with Gasteiger partial charge in [-0.15, -0.1) is 0 Å². The van der Waals surface area contributed by atoms with Gasteiger partial charge in [-0.3, -0.25) is 4.79 Å². The third-order valence-corrected chi connectivity index (χ3v) is 1.81. The van der Waals surface area contributed by atoms with Crippen molar-refractivity contribution in [1.29, 1.82) is 5.26 Å². The van der Waals surface area contributed by atoms with Crippen LogP contribution >= 0.6 is 0 Å². The number of alkyl halides is 3. The molecule has 0 aromatic carbocycles. The Hall–Kier alpha value is -2.30. The van der Waals surface area contributed by atoms with Crippen LogP contribution in [0.25, 0.3) is 0 Å². The van der Waals surface area contributed by atoms with Gasteiger partial charge in [0, 0.05) is 6.20 Å². The number of pyridine rings is 1. The summed E-state index contributed by atoms with van der Waals surface area (Å²) in [5, 5.41) is 12.8. The number of hydrogen-bond donors (Lipinski definition) is 2. The third-order valence-electron chi connectivity index (χ3n) is 1.81. The van der Waals surface area contributed by atoms with E-state index in [2.05, 4.69) is 10.3 Å². The van der Waals surface area contributed by atoms with E-state index in [1.54, 1.807) is 5.32 Å². The van der Waals surface area contributed by atoms with Crippen LogP contribution in [0, 0.1) is 11.3 Å². The molecule has 8 heteroatoms. The van der Waals surface area contributed by atoms with Gasteiger partial charge in [-0.25, -0.2) is 4.98 Å². The van der Waals surface area contributed by atoms with Crippen molar-refractivity contribution in [1.82, 2.24) is 10.3 Å². The second kappa shape index (κ2) is 5.86. The Kier molecular flexibility index (Phi) is 4.48. The largest absolute Gasteiger partial charge is 0.405 e. The Morgan fingerprint density at radius 2 is 2.17 bits per heavy atom. The number of nitrogens with one attached hydrogen (secondary N) is 2. The summed E-state index contributed by atoms with van der Waals surface area (Å²) < 4.78 is 35.4. The molecule has 1 aromatic heterocycles. The Morgan fingerprint density at radius 3 is 2.67 bits per heavy atom.